The second-order valence-electron chi connectivity index (χ2n) is 21.3. The number of hydrogen-bond acceptors (Lipinski definition) is 3. The van der Waals surface area contributed by atoms with Crippen molar-refractivity contribution in [2.45, 2.75) is 98.3 Å². The molecule has 9 rings (SSSR count). The van der Waals surface area contributed by atoms with Crippen molar-refractivity contribution in [1.29, 1.82) is 0 Å². The van der Waals surface area contributed by atoms with Gasteiger partial charge in [0.05, 0.1) is 22.3 Å². The molecule has 0 radical (unpaired) electrons. The summed E-state index contributed by atoms with van der Waals surface area (Å²) < 4.78 is 10.8. The van der Waals surface area contributed by atoms with Crippen molar-refractivity contribution < 1.29 is 27.5 Å². The third-order valence-corrected chi connectivity index (χ3v) is 13.0. The van der Waals surface area contributed by atoms with Crippen LogP contribution in [0.2, 0.25) is 0 Å². The topological polar surface area (TPSA) is 50.9 Å². The van der Waals surface area contributed by atoms with Gasteiger partial charge < -0.3 is 5.11 Å². The van der Waals surface area contributed by atoms with Gasteiger partial charge in [-0.05, 0) is 97.0 Å². The molecule has 0 spiro atoms. The normalized spacial score (nSPS) is 12.5. The van der Waals surface area contributed by atoms with Gasteiger partial charge in [0.15, 0.2) is 0 Å². The number of rotatable bonds is 8. The average molecular weight is 1070 g/mol. The minimum Gasteiger partial charge on any atom is -0.507 e. The number of hydrogen-bond donors (Lipinski definition) is 1. The number of phenols is 1. The number of phenolic OH excluding ortho intramolecular Hbond substituents is 1. The smallest absolute Gasteiger partial charge is 0.148 e. The zero-order valence-electron chi connectivity index (χ0n) is 42.2. The molecule has 0 atom stereocenters. The summed E-state index contributed by atoms with van der Waals surface area (Å²) in [5.41, 5.74) is 16.8. The number of imidazole rings is 1. The van der Waals surface area contributed by atoms with Gasteiger partial charge in [0, 0.05) is 39.9 Å². The second kappa shape index (κ2) is 18.6. The van der Waals surface area contributed by atoms with Crippen LogP contribution in [0.4, 0.5) is 0 Å². The molecule has 1 N–H and O–H groups in total. The fraction of sp³-hybridized carbons (Fsp3) is 0.238. The summed E-state index contributed by atoms with van der Waals surface area (Å²) in [5, 5.41) is 12.6. The maximum Gasteiger partial charge on any atom is 0.148 e. The molecule has 0 aliphatic heterocycles. The van der Waals surface area contributed by atoms with Crippen molar-refractivity contribution in [3.63, 3.8) is 0 Å². The van der Waals surface area contributed by atoms with E-state index in [-0.39, 0.29) is 43.1 Å². The summed E-state index contributed by atoms with van der Waals surface area (Å²) in [5.74, 6) is 0.234. The van der Waals surface area contributed by atoms with Crippen molar-refractivity contribution in [3.8, 4) is 78.6 Å². The van der Waals surface area contributed by atoms with Crippen LogP contribution in [0.15, 0.2) is 164 Å². The molecule has 0 saturated heterocycles. The van der Waals surface area contributed by atoms with Crippen LogP contribution in [-0.4, -0.2) is 19.6 Å². The van der Waals surface area contributed by atoms with E-state index < -0.39 is 5.89 Å². The van der Waals surface area contributed by atoms with E-state index in [4.69, 9.17) is 11.3 Å². The fourth-order valence-electron chi connectivity index (χ4n) is 9.10. The molecule has 9 aromatic rings. The summed E-state index contributed by atoms with van der Waals surface area (Å²) in [6.45, 7) is 23.8. The Labute approximate surface area is 419 Å². The molecule has 7 aromatic carbocycles. The largest absolute Gasteiger partial charge is 0.507 e. The monoisotopic (exact) mass is 1070 g/mol. The third-order valence-electron chi connectivity index (χ3n) is 13.0. The Morgan fingerprint density at radius 3 is 1.75 bits per heavy atom. The van der Waals surface area contributed by atoms with E-state index in [9.17, 15) is 5.11 Å². The number of pyridine rings is 1. The number of para-hydroxylation sites is 1. The average Bonchev–Trinajstić information content (AvgIpc) is 3.70. The summed E-state index contributed by atoms with van der Waals surface area (Å²) >= 11 is 0. The van der Waals surface area contributed by atoms with Crippen molar-refractivity contribution in [2.24, 2.45) is 0 Å². The number of benzene rings is 7. The van der Waals surface area contributed by atoms with Gasteiger partial charge in [-0.25, -0.2) is 4.98 Å². The van der Waals surface area contributed by atoms with Crippen molar-refractivity contribution in [3.05, 3.63) is 192 Å². The Kier molecular flexibility index (Phi) is 12.8. The van der Waals surface area contributed by atoms with Crippen LogP contribution in [0.5, 0.6) is 5.75 Å². The minimum absolute atomic E-state index is 0. The standard InChI is InChI=1S/C63H62N3O.Pt/c1-40(2)41-25-27-44(28-26-41)46-31-32-64-55(37-46)49-34-47(43-21-16-13-17-22-43)33-48(35-49)51-23-18-24-57-58(51)65-60(52-38-50(61(3,4)5)39-54(59(52)67)63(9,10)11)66(57)56-30-29-45(36-53(56)62(6,7)8)42-19-14-12-15-20-42;/h12-34,36-40,67H,1-11H3;/q-1;/i40D;. The van der Waals surface area contributed by atoms with Crippen LogP contribution in [0.25, 0.3) is 83.9 Å². The maximum absolute atomic E-state index is 12.6. The quantitative estimate of drug-likeness (QED) is 0.154. The summed E-state index contributed by atoms with van der Waals surface area (Å²) in [7, 11) is 0. The summed E-state index contributed by atoms with van der Waals surface area (Å²) in [6.07, 6.45) is 1.87. The Morgan fingerprint density at radius 2 is 1.13 bits per heavy atom. The molecular formula is C63H62N3OPt-. The SMILES string of the molecule is [2H]C(C)(C)c1ccc(-c2ccnc(-c3[c-]c(-c4cccc5c4nc(-c4cc(C(C)(C)C)cc(C(C)(C)C)c4O)n5-c4ccc(-c5ccccc5)cc4C(C)(C)C)cc(-c4ccccc4)c3)c2)cc1.[Pt]. The second-order valence-corrected chi connectivity index (χ2v) is 21.3. The van der Waals surface area contributed by atoms with E-state index in [2.05, 4.69) is 206 Å². The fourth-order valence-corrected chi connectivity index (χ4v) is 9.10. The first-order valence-electron chi connectivity index (χ1n) is 24.0. The predicted molar refractivity (Wildman–Crippen MR) is 282 cm³/mol. The number of nitrogens with zero attached hydrogens (tertiary/aromatic N) is 3. The molecule has 0 aliphatic rings. The van der Waals surface area contributed by atoms with E-state index in [1.54, 1.807) is 0 Å². The molecule has 2 aromatic heterocycles. The van der Waals surface area contributed by atoms with Gasteiger partial charge in [0.25, 0.3) is 0 Å². The van der Waals surface area contributed by atoms with Crippen LogP contribution in [0.1, 0.15) is 106 Å². The molecule has 5 heteroatoms. The van der Waals surface area contributed by atoms with Gasteiger partial charge >= 0.3 is 0 Å². The van der Waals surface area contributed by atoms with Gasteiger partial charge in [-0.3, -0.25) is 9.55 Å². The minimum atomic E-state index is -0.682. The summed E-state index contributed by atoms with van der Waals surface area (Å²) in [6, 6.07) is 59.2. The zero-order chi connectivity index (χ0) is 48.3. The maximum atomic E-state index is 12.6. The van der Waals surface area contributed by atoms with E-state index in [0.29, 0.717) is 11.4 Å². The number of aromatic nitrogens is 3. The van der Waals surface area contributed by atoms with Crippen LogP contribution in [0, 0.1) is 6.07 Å². The van der Waals surface area contributed by atoms with Crippen LogP contribution < -0.4 is 0 Å². The molecule has 2 heterocycles. The Hall–Kier alpha value is -6.35. The first-order valence-corrected chi connectivity index (χ1v) is 23.5. The van der Waals surface area contributed by atoms with Gasteiger partial charge in [-0.15, -0.1) is 23.8 Å². The van der Waals surface area contributed by atoms with E-state index in [1.807, 2.05) is 44.3 Å². The first-order chi connectivity index (χ1) is 32.1. The molecule has 0 aliphatic carbocycles. The van der Waals surface area contributed by atoms with Crippen LogP contribution in [-0.2, 0) is 37.3 Å². The molecule has 4 nitrogen and oxygen atoms in total. The van der Waals surface area contributed by atoms with Gasteiger partial charge in [-0.1, -0.05) is 208 Å². The number of aromatic hydroxyl groups is 1. The third kappa shape index (κ3) is 9.54. The molecule has 0 amide bonds. The Morgan fingerprint density at radius 1 is 0.544 bits per heavy atom. The van der Waals surface area contributed by atoms with Crippen LogP contribution in [0.3, 0.4) is 0 Å². The molecule has 0 bridgehead atoms. The van der Waals surface area contributed by atoms with Gasteiger partial charge in [0.1, 0.15) is 11.6 Å². The van der Waals surface area contributed by atoms with Crippen LogP contribution >= 0.6 is 0 Å². The first kappa shape index (κ1) is 46.7. The van der Waals surface area contributed by atoms with E-state index in [1.165, 1.54) is 0 Å². The van der Waals surface area contributed by atoms with Crippen molar-refractivity contribution in [2.75, 3.05) is 0 Å². The van der Waals surface area contributed by atoms with Crippen molar-refractivity contribution in [1.82, 2.24) is 14.5 Å². The van der Waals surface area contributed by atoms with Crippen molar-refractivity contribution >= 4 is 11.0 Å². The molecular weight excluding hydrogens is 1010 g/mol. The molecule has 0 fully saturated rings. The van der Waals surface area contributed by atoms with E-state index >= 15 is 0 Å². The van der Waals surface area contributed by atoms with Gasteiger partial charge in [-0.2, -0.15) is 0 Å². The summed E-state index contributed by atoms with van der Waals surface area (Å²) in [4.78, 5) is 10.6. The van der Waals surface area contributed by atoms with Gasteiger partial charge in [0.2, 0.25) is 0 Å². The predicted octanol–water partition coefficient (Wildman–Crippen LogP) is 16.9. The molecule has 346 valence electrons. The zero-order valence-corrected chi connectivity index (χ0v) is 43.5. The van der Waals surface area contributed by atoms with E-state index in [0.717, 1.165) is 94.7 Å². The Bertz CT molecular complexity index is 3310. The molecule has 0 saturated carbocycles. The number of fused-ring (bicyclic) bond motifs is 1. The molecule has 68 heavy (non-hydrogen) atoms. The molecule has 0 unspecified atom stereocenters. The Balaban J connectivity index is 0.00000642.